The quantitative estimate of drug-likeness (QED) is 0.534. The van der Waals surface area contributed by atoms with Crippen LogP contribution in [0.3, 0.4) is 0 Å². The van der Waals surface area contributed by atoms with Crippen molar-refractivity contribution in [1.29, 1.82) is 0 Å². The second-order valence-electron chi connectivity index (χ2n) is 8.76. The number of esters is 1. The van der Waals surface area contributed by atoms with Gasteiger partial charge in [0.05, 0.1) is 5.92 Å². The molecular formula is C26H35NO2. The molecule has 3 rings (SSSR count). The molecule has 29 heavy (non-hydrogen) atoms. The number of nitrogens with zero attached hydrogens (tertiary/aromatic N) is 1. The summed E-state index contributed by atoms with van der Waals surface area (Å²) in [7, 11) is 0. The maximum atomic E-state index is 13.0. The Morgan fingerprint density at radius 1 is 0.897 bits per heavy atom. The standard InChI is InChI=1S/C26H35NO2/c1-20(2)18-22-12-14-23(15-13-22)21(3)26(28)29-25(24-10-6-4-7-11-24)19-27-16-8-5-9-17-27/h4,6-7,10-15,20-21,25H,5,8-9,16-19H2,1-3H3/t21?,25-/m1/s1. The number of hydrogen-bond donors (Lipinski definition) is 0. The van der Waals surface area contributed by atoms with Crippen LogP contribution in [0.2, 0.25) is 0 Å². The topological polar surface area (TPSA) is 29.5 Å². The number of carbonyl (C=O) groups is 1. The Balaban J connectivity index is 1.68. The maximum Gasteiger partial charge on any atom is 0.313 e. The van der Waals surface area contributed by atoms with E-state index in [0.29, 0.717) is 5.92 Å². The van der Waals surface area contributed by atoms with Crippen LogP contribution in [-0.2, 0) is 16.0 Å². The highest BCUT2D eigenvalue weighted by Crippen LogP contribution is 2.25. The first-order chi connectivity index (χ1) is 14.0. The molecule has 0 aromatic heterocycles. The molecule has 2 aromatic rings. The number of carbonyl (C=O) groups excluding carboxylic acids is 1. The summed E-state index contributed by atoms with van der Waals surface area (Å²) in [6, 6.07) is 18.6. The Morgan fingerprint density at radius 3 is 2.17 bits per heavy atom. The minimum Gasteiger partial charge on any atom is -0.456 e. The van der Waals surface area contributed by atoms with Gasteiger partial charge < -0.3 is 4.74 Å². The summed E-state index contributed by atoms with van der Waals surface area (Å²) in [5.74, 6) is 0.216. The molecule has 0 spiro atoms. The zero-order chi connectivity index (χ0) is 20.6. The highest BCUT2D eigenvalue weighted by atomic mass is 16.5. The smallest absolute Gasteiger partial charge is 0.313 e. The SMILES string of the molecule is CC(C)Cc1ccc(C(C)C(=O)O[C@H](CN2CCCCC2)c2ccccc2)cc1. The lowest BCUT2D eigenvalue weighted by Gasteiger charge is -2.31. The second kappa shape index (κ2) is 10.6. The normalized spacial score (nSPS) is 17.1. The lowest BCUT2D eigenvalue weighted by molar-refractivity contribution is -0.152. The van der Waals surface area contributed by atoms with Gasteiger partial charge in [-0.05, 0) is 61.9 Å². The number of likely N-dealkylation sites (tertiary alicyclic amines) is 1. The predicted octanol–water partition coefficient (Wildman–Crippen LogP) is 5.76. The molecule has 0 amide bonds. The van der Waals surface area contributed by atoms with Crippen molar-refractivity contribution < 1.29 is 9.53 Å². The molecule has 1 unspecified atom stereocenters. The van der Waals surface area contributed by atoms with Gasteiger partial charge in [-0.15, -0.1) is 0 Å². The van der Waals surface area contributed by atoms with Crippen LogP contribution in [-0.4, -0.2) is 30.5 Å². The van der Waals surface area contributed by atoms with Crippen molar-refractivity contribution in [3.05, 3.63) is 71.3 Å². The van der Waals surface area contributed by atoms with Crippen molar-refractivity contribution in [2.24, 2.45) is 5.92 Å². The molecule has 1 fully saturated rings. The fourth-order valence-electron chi connectivity index (χ4n) is 4.05. The van der Waals surface area contributed by atoms with E-state index in [9.17, 15) is 4.79 Å². The first kappa shape index (κ1) is 21.6. The third-order valence-electron chi connectivity index (χ3n) is 5.78. The van der Waals surface area contributed by atoms with Gasteiger partial charge in [-0.25, -0.2) is 0 Å². The highest BCUT2D eigenvalue weighted by molar-refractivity contribution is 5.78. The van der Waals surface area contributed by atoms with E-state index < -0.39 is 0 Å². The van der Waals surface area contributed by atoms with Gasteiger partial charge >= 0.3 is 5.97 Å². The average molecular weight is 394 g/mol. The predicted molar refractivity (Wildman–Crippen MR) is 119 cm³/mol. The van der Waals surface area contributed by atoms with E-state index >= 15 is 0 Å². The van der Waals surface area contributed by atoms with Gasteiger partial charge in [0.15, 0.2) is 0 Å². The van der Waals surface area contributed by atoms with Gasteiger partial charge in [0.2, 0.25) is 0 Å². The number of rotatable bonds is 8. The van der Waals surface area contributed by atoms with Crippen molar-refractivity contribution in [2.75, 3.05) is 19.6 Å². The Kier molecular flexibility index (Phi) is 7.88. The summed E-state index contributed by atoms with van der Waals surface area (Å²) in [5.41, 5.74) is 3.41. The second-order valence-corrected chi connectivity index (χ2v) is 8.76. The first-order valence-electron chi connectivity index (χ1n) is 11.1. The molecule has 0 aliphatic carbocycles. The van der Waals surface area contributed by atoms with Gasteiger partial charge in [0.1, 0.15) is 6.10 Å². The lowest BCUT2D eigenvalue weighted by atomic mass is 9.96. The Labute approximate surface area is 176 Å². The molecular weight excluding hydrogens is 358 g/mol. The van der Waals surface area contributed by atoms with Crippen LogP contribution >= 0.6 is 0 Å². The van der Waals surface area contributed by atoms with Crippen LogP contribution in [0.4, 0.5) is 0 Å². The van der Waals surface area contributed by atoms with Crippen LogP contribution in [0.1, 0.15) is 68.7 Å². The summed E-state index contributed by atoms with van der Waals surface area (Å²) >= 11 is 0. The largest absolute Gasteiger partial charge is 0.456 e. The fraction of sp³-hybridized carbons (Fsp3) is 0.500. The lowest BCUT2D eigenvalue weighted by Crippen LogP contribution is -2.35. The zero-order valence-corrected chi connectivity index (χ0v) is 18.1. The molecule has 2 atom stereocenters. The third kappa shape index (κ3) is 6.43. The average Bonchev–Trinajstić information content (AvgIpc) is 2.74. The Morgan fingerprint density at radius 2 is 1.55 bits per heavy atom. The Bertz CT molecular complexity index is 748. The van der Waals surface area contributed by atoms with Crippen LogP contribution in [0.25, 0.3) is 0 Å². The molecule has 2 aromatic carbocycles. The van der Waals surface area contributed by atoms with Crippen molar-refractivity contribution in [2.45, 2.75) is 58.5 Å². The van der Waals surface area contributed by atoms with E-state index in [1.807, 2.05) is 25.1 Å². The summed E-state index contributed by atoms with van der Waals surface area (Å²) in [4.78, 5) is 15.4. The molecule has 1 aliphatic rings. The fourth-order valence-corrected chi connectivity index (χ4v) is 4.05. The summed E-state index contributed by atoms with van der Waals surface area (Å²) in [6.07, 6.45) is 4.61. The van der Waals surface area contributed by atoms with Gasteiger partial charge in [-0.3, -0.25) is 9.69 Å². The maximum absolute atomic E-state index is 13.0. The molecule has 1 heterocycles. The van der Waals surface area contributed by atoms with Crippen LogP contribution in [0.15, 0.2) is 54.6 Å². The van der Waals surface area contributed by atoms with E-state index in [1.165, 1.54) is 24.8 Å². The minimum atomic E-state index is -0.268. The number of ether oxygens (including phenoxy) is 1. The zero-order valence-electron chi connectivity index (χ0n) is 18.1. The van der Waals surface area contributed by atoms with Crippen molar-refractivity contribution >= 4 is 5.97 Å². The summed E-state index contributed by atoms with van der Waals surface area (Å²) in [6.45, 7) is 9.35. The molecule has 0 N–H and O–H groups in total. The van der Waals surface area contributed by atoms with E-state index in [2.05, 4.69) is 55.1 Å². The Hall–Kier alpha value is -2.13. The molecule has 1 saturated heterocycles. The van der Waals surface area contributed by atoms with Gasteiger partial charge in [0, 0.05) is 6.54 Å². The van der Waals surface area contributed by atoms with Crippen molar-refractivity contribution in [3.8, 4) is 0 Å². The van der Waals surface area contributed by atoms with E-state index in [-0.39, 0.29) is 18.0 Å². The molecule has 3 heteroatoms. The monoisotopic (exact) mass is 393 g/mol. The van der Waals surface area contributed by atoms with Gasteiger partial charge in [-0.2, -0.15) is 0 Å². The van der Waals surface area contributed by atoms with Crippen molar-refractivity contribution in [3.63, 3.8) is 0 Å². The number of hydrogen-bond acceptors (Lipinski definition) is 3. The first-order valence-corrected chi connectivity index (χ1v) is 11.1. The van der Waals surface area contributed by atoms with Crippen molar-refractivity contribution in [1.82, 2.24) is 4.90 Å². The van der Waals surface area contributed by atoms with E-state index in [4.69, 9.17) is 4.74 Å². The summed E-state index contributed by atoms with van der Waals surface area (Å²) in [5, 5.41) is 0. The van der Waals surface area contributed by atoms with Gasteiger partial charge in [0.25, 0.3) is 0 Å². The number of benzene rings is 2. The molecule has 0 bridgehead atoms. The number of piperidine rings is 1. The van der Waals surface area contributed by atoms with Crippen LogP contribution in [0.5, 0.6) is 0 Å². The minimum absolute atomic E-state index is 0.146. The molecule has 0 radical (unpaired) electrons. The summed E-state index contributed by atoms with van der Waals surface area (Å²) < 4.78 is 6.07. The van der Waals surface area contributed by atoms with Gasteiger partial charge in [-0.1, -0.05) is 74.9 Å². The highest BCUT2D eigenvalue weighted by Gasteiger charge is 2.25. The molecule has 3 nitrogen and oxygen atoms in total. The van der Waals surface area contributed by atoms with Crippen LogP contribution in [0, 0.1) is 5.92 Å². The molecule has 156 valence electrons. The molecule has 0 saturated carbocycles. The third-order valence-corrected chi connectivity index (χ3v) is 5.78. The van der Waals surface area contributed by atoms with Crippen LogP contribution < -0.4 is 0 Å². The molecule has 1 aliphatic heterocycles. The van der Waals surface area contributed by atoms with E-state index in [1.54, 1.807) is 0 Å². The van der Waals surface area contributed by atoms with E-state index in [0.717, 1.165) is 37.2 Å².